The minimum atomic E-state index is -0.653. The molecular weight excluding hydrogens is 311 g/mol. The van der Waals surface area contributed by atoms with Crippen molar-refractivity contribution >= 4 is 17.3 Å². The van der Waals surface area contributed by atoms with Gasteiger partial charge in [-0.3, -0.25) is 4.79 Å². The van der Waals surface area contributed by atoms with Crippen molar-refractivity contribution in [2.75, 3.05) is 7.11 Å². The first-order valence-electron chi connectivity index (χ1n) is 7.60. The number of H-pyrrole nitrogens is 1. The Morgan fingerprint density at radius 3 is 2.75 bits per heavy atom. The number of carbonyl (C=O) groups is 1. The number of aromatic amines is 1. The molecule has 124 valence electrons. The van der Waals surface area contributed by atoms with Crippen LogP contribution in [0.15, 0.2) is 36.4 Å². The summed E-state index contributed by atoms with van der Waals surface area (Å²) in [5, 5.41) is 0. The second-order valence-electron chi connectivity index (χ2n) is 5.30. The number of methoxy groups -OCH3 is 1. The number of rotatable bonds is 6. The Labute approximate surface area is 138 Å². The van der Waals surface area contributed by atoms with E-state index >= 15 is 0 Å². The van der Waals surface area contributed by atoms with Gasteiger partial charge >= 0.3 is 0 Å². The van der Waals surface area contributed by atoms with Crippen LogP contribution >= 0.6 is 0 Å². The van der Waals surface area contributed by atoms with E-state index in [4.69, 9.17) is 9.47 Å². The summed E-state index contributed by atoms with van der Waals surface area (Å²) in [5.41, 5.74) is 1.67. The van der Waals surface area contributed by atoms with Crippen LogP contribution in [0.5, 0.6) is 11.5 Å². The minimum Gasteiger partial charge on any atom is -0.493 e. The van der Waals surface area contributed by atoms with Gasteiger partial charge in [0, 0.05) is 6.07 Å². The third-order valence-corrected chi connectivity index (χ3v) is 3.76. The molecule has 3 aromatic rings. The number of hydrogen-bond acceptors (Lipinski definition) is 4. The number of nitrogens with zero attached hydrogens (tertiary/aromatic N) is 1. The SMILES string of the molecule is CCC(Oc1cc(F)c(C=O)cc1OC)c1nc2ccccc2[nH]1. The molecule has 0 aliphatic rings. The Kier molecular flexibility index (Phi) is 4.46. The van der Waals surface area contributed by atoms with Gasteiger partial charge in [-0.15, -0.1) is 0 Å². The Balaban J connectivity index is 1.95. The Morgan fingerprint density at radius 1 is 1.29 bits per heavy atom. The van der Waals surface area contributed by atoms with Crippen molar-refractivity contribution in [3.8, 4) is 11.5 Å². The lowest BCUT2D eigenvalue weighted by molar-refractivity contribution is 0.111. The van der Waals surface area contributed by atoms with E-state index in [9.17, 15) is 9.18 Å². The van der Waals surface area contributed by atoms with Crippen LogP contribution < -0.4 is 9.47 Å². The lowest BCUT2D eigenvalue weighted by atomic mass is 10.2. The highest BCUT2D eigenvalue weighted by atomic mass is 19.1. The van der Waals surface area contributed by atoms with Gasteiger partial charge in [0.1, 0.15) is 11.6 Å². The zero-order chi connectivity index (χ0) is 17.1. The number of hydrogen-bond donors (Lipinski definition) is 1. The highest BCUT2D eigenvalue weighted by molar-refractivity contribution is 5.77. The van der Waals surface area contributed by atoms with Crippen molar-refractivity contribution in [2.45, 2.75) is 19.4 Å². The number of nitrogens with one attached hydrogen (secondary N) is 1. The summed E-state index contributed by atoms with van der Waals surface area (Å²) in [5.74, 6) is 0.529. The molecule has 0 amide bonds. The number of fused-ring (bicyclic) bond motifs is 1. The molecule has 0 aliphatic carbocycles. The van der Waals surface area contributed by atoms with Gasteiger partial charge in [0.15, 0.2) is 23.9 Å². The van der Waals surface area contributed by atoms with Gasteiger partial charge in [0.05, 0.1) is 23.7 Å². The van der Waals surface area contributed by atoms with Crippen molar-refractivity contribution in [3.05, 3.63) is 53.6 Å². The monoisotopic (exact) mass is 328 g/mol. The van der Waals surface area contributed by atoms with E-state index in [0.717, 1.165) is 17.1 Å². The van der Waals surface area contributed by atoms with Crippen LogP contribution in [0, 0.1) is 5.82 Å². The van der Waals surface area contributed by atoms with Crippen LogP contribution in [-0.2, 0) is 0 Å². The summed E-state index contributed by atoms with van der Waals surface area (Å²) in [6, 6.07) is 10.1. The zero-order valence-corrected chi connectivity index (χ0v) is 13.4. The quantitative estimate of drug-likeness (QED) is 0.693. The van der Waals surface area contributed by atoms with Crippen LogP contribution in [0.4, 0.5) is 4.39 Å². The fourth-order valence-electron chi connectivity index (χ4n) is 2.50. The third kappa shape index (κ3) is 2.95. The third-order valence-electron chi connectivity index (χ3n) is 3.76. The molecule has 0 saturated heterocycles. The molecular formula is C18H17FN2O3. The summed E-state index contributed by atoms with van der Waals surface area (Å²) >= 11 is 0. The minimum absolute atomic E-state index is 0.0732. The standard InChI is InChI=1S/C18H17FN2O3/c1-3-15(18-20-13-6-4-5-7-14(13)21-18)24-17-9-12(19)11(10-22)8-16(17)23-2/h4-10,15H,3H2,1-2H3,(H,20,21). The Bertz CT molecular complexity index is 843. The summed E-state index contributed by atoms with van der Waals surface area (Å²) in [4.78, 5) is 18.6. The fourth-order valence-corrected chi connectivity index (χ4v) is 2.50. The van der Waals surface area contributed by atoms with Gasteiger partial charge in [0.2, 0.25) is 0 Å². The lowest BCUT2D eigenvalue weighted by Crippen LogP contribution is -2.09. The molecule has 5 nitrogen and oxygen atoms in total. The largest absolute Gasteiger partial charge is 0.493 e. The van der Waals surface area contributed by atoms with Crippen LogP contribution in [0.25, 0.3) is 11.0 Å². The van der Waals surface area contributed by atoms with E-state index in [-0.39, 0.29) is 11.3 Å². The van der Waals surface area contributed by atoms with Crippen molar-refractivity contribution in [1.29, 1.82) is 0 Å². The predicted molar refractivity (Wildman–Crippen MR) is 88.1 cm³/mol. The van der Waals surface area contributed by atoms with Crippen LogP contribution in [0.3, 0.4) is 0 Å². The van der Waals surface area contributed by atoms with Gasteiger partial charge in [-0.1, -0.05) is 19.1 Å². The number of imidazole rings is 1. The molecule has 0 aliphatic heterocycles. The van der Waals surface area contributed by atoms with E-state index in [1.165, 1.54) is 13.2 Å². The van der Waals surface area contributed by atoms with Gasteiger partial charge in [-0.05, 0) is 24.6 Å². The second kappa shape index (κ2) is 6.70. The maximum Gasteiger partial charge on any atom is 0.165 e. The molecule has 6 heteroatoms. The maximum absolute atomic E-state index is 13.9. The first-order valence-corrected chi connectivity index (χ1v) is 7.60. The summed E-state index contributed by atoms with van der Waals surface area (Å²) in [6.07, 6.45) is 0.672. The van der Waals surface area contributed by atoms with Crippen LogP contribution in [-0.4, -0.2) is 23.4 Å². The van der Waals surface area contributed by atoms with Crippen LogP contribution in [0.1, 0.15) is 35.6 Å². The number of aldehydes is 1. The summed E-state index contributed by atoms with van der Waals surface area (Å²) in [6.45, 7) is 1.94. The number of carbonyl (C=O) groups excluding carboxylic acids is 1. The molecule has 0 saturated carbocycles. The topological polar surface area (TPSA) is 64.2 Å². The molecule has 0 bridgehead atoms. The lowest BCUT2D eigenvalue weighted by Gasteiger charge is -2.18. The van der Waals surface area contributed by atoms with Crippen molar-refractivity contribution in [2.24, 2.45) is 0 Å². The molecule has 1 heterocycles. The maximum atomic E-state index is 13.9. The molecule has 3 rings (SSSR count). The van der Waals surface area contributed by atoms with Crippen LogP contribution in [0.2, 0.25) is 0 Å². The Hall–Kier alpha value is -2.89. The molecule has 1 aromatic heterocycles. The average molecular weight is 328 g/mol. The molecule has 2 aromatic carbocycles. The first kappa shape index (κ1) is 16.0. The van der Waals surface area contributed by atoms with Gasteiger partial charge in [0.25, 0.3) is 0 Å². The molecule has 0 fully saturated rings. The van der Waals surface area contributed by atoms with E-state index in [0.29, 0.717) is 24.3 Å². The molecule has 0 spiro atoms. The van der Waals surface area contributed by atoms with Crippen molar-refractivity contribution < 1.29 is 18.7 Å². The van der Waals surface area contributed by atoms with E-state index in [1.807, 2.05) is 31.2 Å². The normalized spacial score (nSPS) is 12.1. The van der Waals surface area contributed by atoms with Gasteiger partial charge < -0.3 is 14.5 Å². The number of ether oxygens (including phenoxy) is 2. The number of para-hydroxylation sites is 2. The zero-order valence-electron chi connectivity index (χ0n) is 13.4. The Morgan fingerprint density at radius 2 is 2.08 bits per heavy atom. The molecule has 1 atom stereocenters. The smallest absolute Gasteiger partial charge is 0.165 e. The average Bonchev–Trinajstić information content (AvgIpc) is 3.03. The number of halogens is 1. The molecule has 0 radical (unpaired) electrons. The predicted octanol–water partition coefficient (Wildman–Crippen LogP) is 4.05. The number of aromatic nitrogens is 2. The summed E-state index contributed by atoms with van der Waals surface area (Å²) < 4.78 is 25.0. The highest BCUT2D eigenvalue weighted by Crippen LogP contribution is 2.34. The molecule has 24 heavy (non-hydrogen) atoms. The van der Waals surface area contributed by atoms with E-state index in [2.05, 4.69) is 9.97 Å². The van der Waals surface area contributed by atoms with E-state index < -0.39 is 11.9 Å². The molecule has 1 N–H and O–H groups in total. The van der Waals surface area contributed by atoms with Crippen molar-refractivity contribution in [1.82, 2.24) is 9.97 Å². The van der Waals surface area contributed by atoms with E-state index in [1.54, 1.807) is 0 Å². The van der Waals surface area contributed by atoms with Crippen molar-refractivity contribution in [3.63, 3.8) is 0 Å². The second-order valence-corrected chi connectivity index (χ2v) is 5.30. The fraction of sp³-hybridized carbons (Fsp3) is 0.222. The van der Waals surface area contributed by atoms with Gasteiger partial charge in [-0.2, -0.15) is 0 Å². The highest BCUT2D eigenvalue weighted by Gasteiger charge is 2.19. The molecule has 1 unspecified atom stereocenters. The van der Waals surface area contributed by atoms with Gasteiger partial charge in [-0.25, -0.2) is 9.37 Å². The number of benzene rings is 2. The first-order chi connectivity index (χ1) is 11.7. The summed E-state index contributed by atoms with van der Waals surface area (Å²) in [7, 11) is 1.44.